The van der Waals surface area contributed by atoms with Crippen LogP contribution in [-0.2, 0) is 21.2 Å². The van der Waals surface area contributed by atoms with E-state index in [1.807, 2.05) is 6.07 Å². The SMILES string of the molecule is COc1ccc(CCNC(=O)CN(c2cccc([N+](=O)[O-])c2)S(=O)(=O)c2ccccc2)cc1OC. The molecule has 0 radical (unpaired) electrons. The van der Waals surface area contributed by atoms with Gasteiger partial charge in [0, 0.05) is 18.7 Å². The minimum atomic E-state index is -4.17. The van der Waals surface area contributed by atoms with Gasteiger partial charge in [0.25, 0.3) is 15.7 Å². The van der Waals surface area contributed by atoms with Gasteiger partial charge < -0.3 is 14.8 Å². The fourth-order valence-electron chi connectivity index (χ4n) is 3.37. The Kier molecular flexibility index (Phi) is 8.26. The number of non-ortho nitro benzene ring substituents is 1. The van der Waals surface area contributed by atoms with Gasteiger partial charge in [0.1, 0.15) is 6.54 Å². The number of methoxy groups -OCH3 is 2. The van der Waals surface area contributed by atoms with Gasteiger partial charge in [-0.15, -0.1) is 0 Å². The lowest BCUT2D eigenvalue weighted by Crippen LogP contribution is -2.41. The third-order valence-electron chi connectivity index (χ3n) is 5.13. The Morgan fingerprint density at radius 2 is 1.69 bits per heavy atom. The third-order valence-corrected chi connectivity index (χ3v) is 6.92. The summed E-state index contributed by atoms with van der Waals surface area (Å²) in [5.41, 5.74) is 0.609. The Balaban J connectivity index is 1.78. The lowest BCUT2D eigenvalue weighted by Gasteiger charge is -2.24. The molecular formula is C24H25N3O7S. The fourth-order valence-corrected chi connectivity index (χ4v) is 4.80. The quantitative estimate of drug-likeness (QED) is 0.317. The van der Waals surface area contributed by atoms with E-state index in [1.54, 1.807) is 30.3 Å². The van der Waals surface area contributed by atoms with E-state index in [0.717, 1.165) is 15.9 Å². The van der Waals surface area contributed by atoms with Crippen molar-refractivity contribution in [3.05, 3.63) is 88.5 Å². The van der Waals surface area contributed by atoms with E-state index >= 15 is 0 Å². The van der Waals surface area contributed by atoms with Crippen LogP contribution in [0.5, 0.6) is 11.5 Å². The second kappa shape index (κ2) is 11.3. The predicted octanol–water partition coefficient (Wildman–Crippen LogP) is 3.17. The van der Waals surface area contributed by atoms with Gasteiger partial charge >= 0.3 is 0 Å². The Labute approximate surface area is 203 Å². The minimum Gasteiger partial charge on any atom is -0.493 e. The Morgan fingerprint density at radius 1 is 0.971 bits per heavy atom. The number of hydrogen-bond acceptors (Lipinski definition) is 7. The van der Waals surface area contributed by atoms with Crippen molar-refractivity contribution in [2.24, 2.45) is 0 Å². The second-order valence-corrected chi connectivity index (χ2v) is 9.25. The second-order valence-electron chi connectivity index (χ2n) is 7.39. The molecule has 3 rings (SSSR count). The van der Waals surface area contributed by atoms with Gasteiger partial charge in [-0.25, -0.2) is 8.42 Å². The minimum absolute atomic E-state index is 0.0121. The fraction of sp³-hybridized carbons (Fsp3) is 0.208. The number of hydrogen-bond donors (Lipinski definition) is 1. The third kappa shape index (κ3) is 6.27. The van der Waals surface area contributed by atoms with Crippen LogP contribution < -0.4 is 19.1 Å². The van der Waals surface area contributed by atoms with Gasteiger partial charge in [-0.05, 0) is 42.3 Å². The van der Waals surface area contributed by atoms with Gasteiger partial charge in [0.05, 0.1) is 29.7 Å². The molecule has 0 aromatic heterocycles. The zero-order valence-electron chi connectivity index (χ0n) is 19.2. The smallest absolute Gasteiger partial charge is 0.271 e. The maximum Gasteiger partial charge on any atom is 0.271 e. The summed E-state index contributed by atoms with van der Waals surface area (Å²) in [7, 11) is -1.10. The van der Waals surface area contributed by atoms with Gasteiger partial charge in [-0.3, -0.25) is 19.2 Å². The molecule has 0 unspecified atom stereocenters. The van der Waals surface area contributed by atoms with Crippen LogP contribution in [0.15, 0.2) is 77.7 Å². The van der Waals surface area contributed by atoms with Crippen molar-refractivity contribution >= 4 is 27.3 Å². The number of benzene rings is 3. The first-order chi connectivity index (χ1) is 16.8. The van der Waals surface area contributed by atoms with Crippen LogP contribution in [0, 0.1) is 10.1 Å². The van der Waals surface area contributed by atoms with E-state index in [2.05, 4.69) is 5.32 Å². The molecule has 11 heteroatoms. The molecule has 0 saturated heterocycles. The maximum absolute atomic E-state index is 13.3. The number of amides is 1. The molecule has 10 nitrogen and oxygen atoms in total. The largest absolute Gasteiger partial charge is 0.493 e. The van der Waals surface area contributed by atoms with E-state index in [1.165, 1.54) is 44.6 Å². The first-order valence-corrected chi connectivity index (χ1v) is 12.0. The number of nitro benzene ring substituents is 1. The molecule has 0 saturated carbocycles. The topological polar surface area (TPSA) is 128 Å². The average Bonchev–Trinajstić information content (AvgIpc) is 2.87. The molecule has 0 aliphatic carbocycles. The molecule has 0 atom stereocenters. The van der Waals surface area contributed by atoms with Gasteiger partial charge in [0.15, 0.2) is 11.5 Å². The summed E-state index contributed by atoms with van der Waals surface area (Å²) in [6.45, 7) is -0.313. The Morgan fingerprint density at radius 3 is 2.34 bits per heavy atom. The zero-order valence-corrected chi connectivity index (χ0v) is 20.0. The van der Waals surface area contributed by atoms with E-state index < -0.39 is 27.4 Å². The molecule has 0 aliphatic rings. The molecule has 3 aromatic rings. The van der Waals surface area contributed by atoms with Gasteiger partial charge in [0.2, 0.25) is 5.91 Å². The van der Waals surface area contributed by atoms with Crippen LogP contribution in [0.2, 0.25) is 0 Å². The summed E-state index contributed by atoms with van der Waals surface area (Å²) in [6.07, 6.45) is 0.467. The highest BCUT2D eigenvalue weighted by Gasteiger charge is 2.28. The number of sulfonamides is 1. The van der Waals surface area contributed by atoms with Gasteiger partial charge in [-0.2, -0.15) is 0 Å². The highest BCUT2D eigenvalue weighted by molar-refractivity contribution is 7.92. The number of carbonyl (C=O) groups excluding carboxylic acids is 1. The van der Waals surface area contributed by atoms with E-state index in [9.17, 15) is 23.3 Å². The number of anilines is 1. The number of ether oxygens (including phenoxy) is 2. The molecule has 1 amide bonds. The van der Waals surface area contributed by atoms with Gasteiger partial charge in [-0.1, -0.05) is 30.3 Å². The van der Waals surface area contributed by atoms with Crippen LogP contribution in [0.4, 0.5) is 11.4 Å². The molecule has 0 heterocycles. The highest BCUT2D eigenvalue weighted by Crippen LogP contribution is 2.28. The van der Waals surface area contributed by atoms with Crippen molar-refractivity contribution in [2.45, 2.75) is 11.3 Å². The van der Waals surface area contributed by atoms with E-state index in [-0.39, 0.29) is 22.8 Å². The van der Waals surface area contributed by atoms with Crippen LogP contribution >= 0.6 is 0 Å². The van der Waals surface area contributed by atoms with Crippen LogP contribution in [0.3, 0.4) is 0 Å². The number of nitrogens with zero attached hydrogens (tertiary/aromatic N) is 2. The Bertz CT molecular complexity index is 1300. The van der Waals surface area contributed by atoms with Crippen molar-refractivity contribution in [3.63, 3.8) is 0 Å². The predicted molar refractivity (Wildman–Crippen MR) is 130 cm³/mol. The summed E-state index contributed by atoms with van der Waals surface area (Å²) < 4.78 is 38.0. The summed E-state index contributed by atoms with van der Waals surface area (Å²) in [5, 5.41) is 13.9. The molecule has 3 aromatic carbocycles. The normalized spacial score (nSPS) is 10.9. The van der Waals surface area contributed by atoms with Crippen molar-refractivity contribution in [2.75, 3.05) is 31.6 Å². The molecular weight excluding hydrogens is 474 g/mol. The molecule has 0 spiro atoms. The molecule has 0 bridgehead atoms. The van der Waals surface area contributed by atoms with Crippen LogP contribution in [0.1, 0.15) is 5.56 Å². The summed E-state index contributed by atoms with van der Waals surface area (Å²) >= 11 is 0. The van der Waals surface area contributed by atoms with E-state index in [0.29, 0.717) is 17.9 Å². The van der Waals surface area contributed by atoms with Crippen molar-refractivity contribution in [1.29, 1.82) is 0 Å². The molecule has 1 N–H and O–H groups in total. The lowest BCUT2D eigenvalue weighted by atomic mass is 10.1. The highest BCUT2D eigenvalue weighted by atomic mass is 32.2. The molecule has 184 valence electrons. The average molecular weight is 500 g/mol. The number of nitro groups is 1. The van der Waals surface area contributed by atoms with Crippen LogP contribution in [-0.4, -0.2) is 46.6 Å². The maximum atomic E-state index is 13.3. The first-order valence-electron chi connectivity index (χ1n) is 10.6. The number of nitrogens with one attached hydrogen (secondary N) is 1. The molecule has 35 heavy (non-hydrogen) atoms. The number of rotatable bonds is 11. The summed E-state index contributed by atoms with van der Waals surface area (Å²) in [5.74, 6) is 0.581. The molecule has 0 aliphatic heterocycles. The van der Waals surface area contributed by atoms with Crippen molar-refractivity contribution < 1.29 is 27.6 Å². The van der Waals surface area contributed by atoms with Crippen molar-refractivity contribution in [3.8, 4) is 11.5 Å². The lowest BCUT2D eigenvalue weighted by molar-refractivity contribution is -0.384. The van der Waals surface area contributed by atoms with Crippen molar-refractivity contribution in [1.82, 2.24) is 5.32 Å². The van der Waals surface area contributed by atoms with Crippen LogP contribution in [0.25, 0.3) is 0 Å². The summed E-state index contributed by atoms with van der Waals surface area (Å²) in [4.78, 5) is 23.3. The molecule has 0 fully saturated rings. The monoisotopic (exact) mass is 499 g/mol. The number of carbonyl (C=O) groups is 1. The first kappa shape index (κ1) is 25.5. The standard InChI is InChI=1S/C24H25N3O7S/c1-33-22-12-11-18(15-23(22)34-2)13-14-25-24(28)17-26(19-7-6-8-20(16-19)27(29)30)35(31,32)21-9-4-3-5-10-21/h3-12,15-16H,13-14,17H2,1-2H3,(H,25,28). The zero-order chi connectivity index (χ0) is 25.4. The summed E-state index contributed by atoms with van der Waals surface area (Å²) in [6, 6.07) is 18.1. The Hall–Kier alpha value is -4.12. The van der Waals surface area contributed by atoms with E-state index in [4.69, 9.17) is 9.47 Å².